The molecule has 1 aliphatic rings. The van der Waals surface area contributed by atoms with Crippen LogP contribution in [-0.2, 0) is 4.79 Å². The Hall–Kier alpha value is -0.710. The number of halogens is 1. The van der Waals surface area contributed by atoms with Gasteiger partial charge in [-0.25, -0.2) is 0 Å². The van der Waals surface area contributed by atoms with E-state index in [1.807, 2.05) is 24.3 Å². The van der Waals surface area contributed by atoms with Crippen LogP contribution in [-0.4, -0.2) is 40.9 Å². The molecule has 1 unspecified atom stereocenters. The van der Waals surface area contributed by atoms with E-state index < -0.39 is 0 Å². The number of carbonyl (C=O) groups excluding carboxylic acids is 1. The number of piperidine rings is 1. The number of likely N-dealkylation sites (tertiary alicyclic amines) is 1. The molecule has 5 heteroatoms. The number of aliphatic hydroxyl groups is 1. The fourth-order valence-electron chi connectivity index (χ4n) is 2.15. The summed E-state index contributed by atoms with van der Waals surface area (Å²) in [5, 5.41) is 10.3. The minimum atomic E-state index is -0.353. The van der Waals surface area contributed by atoms with E-state index in [0.29, 0.717) is 13.0 Å². The molecule has 1 heterocycles. The van der Waals surface area contributed by atoms with E-state index >= 15 is 0 Å². The second-order valence-corrected chi connectivity index (χ2v) is 6.21. The number of amides is 1. The van der Waals surface area contributed by atoms with Crippen molar-refractivity contribution in [3.05, 3.63) is 29.3 Å². The highest BCUT2D eigenvalue weighted by Gasteiger charge is 2.21. The molecule has 2 rings (SSSR count). The highest BCUT2D eigenvalue weighted by molar-refractivity contribution is 7.99. The number of nitrogens with zero attached hydrogens (tertiary/aromatic N) is 1. The van der Waals surface area contributed by atoms with E-state index in [4.69, 9.17) is 11.6 Å². The zero-order valence-electron chi connectivity index (χ0n) is 10.7. The molecular weight excluding hydrogens is 282 g/mol. The van der Waals surface area contributed by atoms with Crippen LogP contribution in [0.3, 0.4) is 0 Å². The fraction of sp³-hybridized carbons (Fsp3) is 0.500. The van der Waals surface area contributed by atoms with Gasteiger partial charge in [-0.05, 0) is 25.0 Å². The highest BCUT2D eigenvalue weighted by Crippen LogP contribution is 2.27. The Morgan fingerprint density at radius 3 is 3.00 bits per heavy atom. The fourth-order valence-corrected chi connectivity index (χ4v) is 3.33. The van der Waals surface area contributed by atoms with Crippen molar-refractivity contribution < 1.29 is 9.90 Å². The summed E-state index contributed by atoms with van der Waals surface area (Å²) < 4.78 is 0. The van der Waals surface area contributed by atoms with Crippen molar-refractivity contribution >= 4 is 29.3 Å². The summed E-state index contributed by atoms with van der Waals surface area (Å²) in [5.41, 5.74) is 0. The van der Waals surface area contributed by atoms with Gasteiger partial charge in [0.05, 0.1) is 11.1 Å². The summed E-state index contributed by atoms with van der Waals surface area (Å²) in [5.74, 6) is 0.841. The first-order valence-corrected chi connectivity index (χ1v) is 7.86. The van der Waals surface area contributed by atoms with Gasteiger partial charge in [-0.15, -0.1) is 11.8 Å². The zero-order valence-corrected chi connectivity index (χ0v) is 12.3. The molecule has 104 valence electrons. The third kappa shape index (κ3) is 4.41. The number of hydrogen-bond acceptors (Lipinski definition) is 3. The van der Waals surface area contributed by atoms with Crippen LogP contribution in [0.1, 0.15) is 19.3 Å². The van der Waals surface area contributed by atoms with E-state index in [2.05, 4.69) is 0 Å². The van der Waals surface area contributed by atoms with Gasteiger partial charge >= 0.3 is 0 Å². The van der Waals surface area contributed by atoms with Crippen molar-refractivity contribution in [2.24, 2.45) is 0 Å². The predicted molar refractivity (Wildman–Crippen MR) is 78.6 cm³/mol. The van der Waals surface area contributed by atoms with Crippen molar-refractivity contribution in [3.63, 3.8) is 0 Å². The quantitative estimate of drug-likeness (QED) is 0.869. The summed E-state index contributed by atoms with van der Waals surface area (Å²) in [4.78, 5) is 14.8. The van der Waals surface area contributed by atoms with Crippen LogP contribution >= 0.6 is 23.4 Å². The zero-order chi connectivity index (χ0) is 13.7. The maximum absolute atomic E-state index is 12.0. The van der Waals surface area contributed by atoms with Crippen molar-refractivity contribution in [2.75, 3.05) is 18.8 Å². The van der Waals surface area contributed by atoms with Crippen molar-refractivity contribution in [1.82, 2.24) is 4.90 Å². The van der Waals surface area contributed by atoms with Crippen LogP contribution in [0.2, 0.25) is 5.02 Å². The Kier molecular flexibility index (Phi) is 5.55. The number of hydrogen-bond donors (Lipinski definition) is 1. The summed E-state index contributed by atoms with van der Waals surface area (Å²) in [6.07, 6.45) is 1.83. The molecule has 1 amide bonds. The Morgan fingerprint density at radius 1 is 1.47 bits per heavy atom. The van der Waals surface area contributed by atoms with Crippen molar-refractivity contribution in [2.45, 2.75) is 30.3 Å². The topological polar surface area (TPSA) is 40.5 Å². The Bertz CT molecular complexity index is 441. The lowest BCUT2D eigenvalue weighted by atomic mass is 10.1. The van der Waals surface area contributed by atoms with E-state index in [1.165, 1.54) is 0 Å². The molecule has 1 aliphatic heterocycles. The summed E-state index contributed by atoms with van der Waals surface area (Å²) in [7, 11) is 0. The second-order valence-electron chi connectivity index (χ2n) is 4.66. The molecule has 1 fully saturated rings. The Labute approximate surface area is 122 Å². The number of benzene rings is 1. The van der Waals surface area contributed by atoms with Gasteiger partial charge in [0.2, 0.25) is 5.91 Å². The smallest absolute Gasteiger partial charge is 0.223 e. The van der Waals surface area contributed by atoms with Crippen molar-refractivity contribution in [1.29, 1.82) is 0 Å². The van der Waals surface area contributed by atoms with E-state index in [-0.39, 0.29) is 12.0 Å². The van der Waals surface area contributed by atoms with Crippen LogP contribution in [0.25, 0.3) is 0 Å². The van der Waals surface area contributed by atoms with Crippen molar-refractivity contribution in [3.8, 4) is 0 Å². The monoisotopic (exact) mass is 299 g/mol. The molecule has 1 saturated heterocycles. The lowest BCUT2D eigenvalue weighted by molar-refractivity contribution is -0.133. The van der Waals surface area contributed by atoms with Crippen LogP contribution in [0.4, 0.5) is 0 Å². The van der Waals surface area contributed by atoms with Gasteiger partial charge in [0.25, 0.3) is 0 Å². The number of rotatable bonds is 4. The molecule has 1 N–H and O–H groups in total. The third-order valence-corrected chi connectivity index (χ3v) is 4.68. The van der Waals surface area contributed by atoms with Gasteiger partial charge < -0.3 is 10.0 Å². The van der Waals surface area contributed by atoms with Gasteiger partial charge in [-0.2, -0.15) is 0 Å². The van der Waals surface area contributed by atoms with Gasteiger partial charge in [0, 0.05) is 30.2 Å². The average Bonchev–Trinajstić information content (AvgIpc) is 2.41. The molecule has 0 bridgehead atoms. The standard InChI is InChI=1S/C14H18ClNO2S/c15-12-5-1-2-6-13(12)19-9-7-14(18)16-8-3-4-11(17)10-16/h1-2,5-6,11,17H,3-4,7-10H2. The molecule has 0 aliphatic carbocycles. The summed E-state index contributed by atoms with van der Waals surface area (Å²) in [6, 6.07) is 7.65. The molecular formula is C14H18ClNO2S. The van der Waals surface area contributed by atoms with Gasteiger partial charge in [-0.1, -0.05) is 23.7 Å². The van der Waals surface area contributed by atoms with E-state index in [0.717, 1.165) is 35.1 Å². The first-order valence-electron chi connectivity index (χ1n) is 6.50. The summed E-state index contributed by atoms with van der Waals surface area (Å²) >= 11 is 7.66. The molecule has 0 aromatic heterocycles. The summed E-state index contributed by atoms with van der Waals surface area (Å²) in [6.45, 7) is 1.25. The maximum Gasteiger partial charge on any atom is 0.223 e. The second kappa shape index (κ2) is 7.17. The number of aliphatic hydroxyl groups excluding tert-OH is 1. The molecule has 0 radical (unpaired) electrons. The van der Waals surface area contributed by atoms with Crippen LogP contribution < -0.4 is 0 Å². The number of thioether (sulfide) groups is 1. The highest BCUT2D eigenvalue weighted by atomic mass is 35.5. The molecule has 1 aromatic rings. The molecule has 1 aromatic carbocycles. The largest absolute Gasteiger partial charge is 0.391 e. The molecule has 19 heavy (non-hydrogen) atoms. The normalized spacial score (nSPS) is 19.5. The molecule has 3 nitrogen and oxygen atoms in total. The predicted octanol–water partition coefficient (Wildman–Crippen LogP) is 2.81. The number of β-amino-alcohol motifs (C(OH)–C–C–N with tert-alkyl or cyclic N) is 1. The average molecular weight is 300 g/mol. The molecule has 0 saturated carbocycles. The molecule has 0 spiro atoms. The SMILES string of the molecule is O=C(CCSc1ccccc1Cl)N1CCCC(O)C1. The van der Waals surface area contributed by atoms with Gasteiger partial charge in [0.1, 0.15) is 0 Å². The van der Waals surface area contributed by atoms with Gasteiger partial charge in [0.15, 0.2) is 0 Å². The third-order valence-electron chi connectivity index (χ3n) is 3.16. The Morgan fingerprint density at radius 2 is 2.26 bits per heavy atom. The van der Waals surface area contributed by atoms with Crippen LogP contribution in [0.5, 0.6) is 0 Å². The molecule has 1 atom stereocenters. The minimum Gasteiger partial charge on any atom is -0.391 e. The number of carbonyl (C=O) groups is 1. The maximum atomic E-state index is 12.0. The van der Waals surface area contributed by atoms with E-state index in [9.17, 15) is 9.90 Å². The van der Waals surface area contributed by atoms with E-state index in [1.54, 1.807) is 16.7 Å². The lowest BCUT2D eigenvalue weighted by Crippen LogP contribution is -2.42. The Balaban J connectivity index is 1.76. The van der Waals surface area contributed by atoms with Crippen LogP contribution in [0, 0.1) is 0 Å². The first-order chi connectivity index (χ1) is 9.16. The minimum absolute atomic E-state index is 0.123. The van der Waals surface area contributed by atoms with Crippen LogP contribution in [0.15, 0.2) is 29.2 Å². The lowest BCUT2D eigenvalue weighted by Gasteiger charge is -2.30. The van der Waals surface area contributed by atoms with Gasteiger partial charge in [-0.3, -0.25) is 4.79 Å². The first kappa shape index (κ1) is 14.7.